The molecular weight excluding hydrogens is 472 g/mol. The van der Waals surface area contributed by atoms with E-state index in [1.165, 1.54) is 17.8 Å². The van der Waals surface area contributed by atoms with E-state index in [9.17, 15) is 9.59 Å². The molecule has 1 saturated heterocycles. The minimum absolute atomic E-state index is 0.00799. The summed E-state index contributed by atoms with van der Waals surface area (Å²) in [6.07, 6.45) is 2.75. The van der Waals surface area contributed by atoms with Crippen LogP contribution in [0.25, 0.3) is 21.2 Å². The zero-order valence-corrected chi connectivity index (χ0v) is 21.0. The van der Waals surface area contributed by atoms with Crippen molar-refractivity contribution in [2.45, 2.75) is 56.7 Å². The number of fused-ring (bicyclic) bond motifs is 2. The van der Waals surface area contributed by atoms with Crippen molar-refractivity contribution in [3.63, 3.8) is 0 Å². The van der Waals surface area contributed by atoms with E-state index in [4.69, 9.17) is 18.9 Å². The predicted molar refractivity (Wildman–Crippen MR) is 136 cm³/mol. The molecule has 1 aromatic carbocycles. The van der Waals surface area contributed by atoms with Gasteiger partial charge in [-0.25, -0.2) is 9.78 Å². The number of benzene rings is 1. The maximum absolute atomic E-state index is 13.7. The molecule has 0 saturated carbocycles. The molecule has 0 N–H and O–H groups in total. The molecule has 4 aromatic rings. The molecule has 0 amide bonds. The van der Waals surface area contributed by atoms with Gasteiger partial charge in [0.2, 0.25) is 0 Å². The molecule has 4 heterocycles. The summed E-state index contributed by atoms with van der Waals surface area (Å²) in [6.45, 7) is 5.33. The van der Waals surface area contributed by atoms with Gasteiger partial charge in [0.1, 0.15) is 16.2 Å². The third-order valence-corrected chi connectivity index (χ3v) is 8.30. The topological polar surface area (TPSA) is 83.6 Å². The zero-order chi connectivity index (χ0) is 23.8. The van der Waals surface area contributed by atoms with Crippen LogP contribution in [0.2, 0.25) is 0 Å². The monoisotopic (exact) mass is 498 g/mol. The van der Waals surface area contributed by atoms with Crippen molar-refractivity contribution in [1.82, 2.24) is 9.55 Å². The van der Waals surface area contributed by atoms with Gasteiger partial charge in [0.25, 0.3) is 5.56 Å². The Hall–Kier alpha value is -2.62. The summed E-state index contributed by atoms with van der Waals surface area (Å²) in [4.78, 5) is 32.7. The number of ether oxygens (including phenoxy) is 2. The maximum atomic E-state index is 13.7. The molecule has 0 spiro atoms. The second-order valence-electron chi connectivity index (χ2n) is 8.36. The average molecular weight is 499 g/mol. The molecule has 1 aliphatic heterocycles. The van der Waals surface area contributed by atoms with E-state index in [0.29, 0.717) is 28.8 Å². The molecule has 178 valence electrons. The summed E-state index contributed by atoms with van der Waals surface area (Å²) >= 11 is 3.03. The van der Waals surface area contributed by atoms with Crippen LogP contribution >= 0.6 is 23.1 Å². The van der Waals surface area contributed by atoms with Gasteiger partial charge in [-0.05, 0) is 49.4 Å². The number of aryl methyl sites for hydroxylation is 2. The normalized spacial score (nSPS) is 16.0. The van der Waals surface area contributed by atoms with Gasteiger partial charge in [-0.1, -0.05) is 18.7 Å². The fourth-order valence-electron chi connectivity index (χ4n) is 4.52. The number of aromatic nitrogens is 2. The highest BCUT2D eigenvalue weighted by Gasteiger charge is 2.23. The zero-order valence-electron chi connectivity index (χ0n) is 19.4. The lowest BCUT2D eigenvalue weighted by Crippen LogP contribution is -2.29. The van der Waals surface area contributed by atoms with Gasteiger partial charge >= 0.3 is 5.63 Å². The SMILES string of the molecule is CCc1c(C)sc2nc(SCc3cc(=O)oc4cc(OC)ccc34)n(C[C@H]3CCCO3)c(=O)c12. The molecule has 34 heavy (non-hydrogen) atoms. The first-order valence-corrected chi connectivity index (χ1v) is 13.2. The number of nitrogens with zero attached hydrogens (tertiary/aromatic N) is 2. The van der Waals surface area contributed by atoms with E-state index in [-0.39, 0.29) is 11.7 Å². The van der Waals surface area contributed by atoms with Gasteiger partial charge in [-0.2, -0.15) is 0 Å². The molecule has 1 atom stereocenters. The number of thiophene rings is 1. The van der Waals surface area contributed by atoms with Gasteiger partial charge in [-0.15, -0.1) is 11.3 Å². The van der Waals surface area contributed by atoms with Crippen LogP contribution in [0.3, 0.4) is 0 Å². The Morgan fingerprint density at radius 3 is 2.88 bits per heavy atom. The van der Waals surface area contributed by atoms with E-state index in [0.717, 1.165) is 57.5 Å². The van der Waals surface area contributed by atoms with Crippen molar-refractivity contribution in [2.24, 2.45) is 0 Å². The lowest BCUT2D eigenvalue weighted by Gasteiger charge is -2.16. The summed E-state index contributed by atoms with van der Waals surface area (Å²) in [7, 11) is 1.57. The Bertz CT molecular complexity index is 1480. The third-order valence-electron chi connectivity index (χ3n) is 6.24. The van der Waals surface area contributed by atoms with E-state index >= 15 is 0 Å². The third kappa shape index (κ3) is 4.28. The van der Waals surface area contributed by atoms with Crippen molar-refractivity contribution in [1.29, 1.82) is 0 Å². The average Bonchev–Trinajstić information content (AvgIpc) is 3.45. The minimum Gasteiger partial charge on any atom is -0.497 e. The van der Waals surface area contributed by atoms with Gasteiger partial charge in [0.15, 0.2) is 5.16 Å². The molecule has 0 unspecified atom stereocenters. The number of thioether (sulfide) groups is 1. The highest BCUT2D eigenvalue weighted by molar-refractivity contribution is 7.98. The van der Waals surface area contributed by atoms with E-state index in [1.807, 2.05) is 19.1 Å². The highest BCUT2D eigenvalue weighted by Crippen LogP contribution is 2.32. The van der Waals surface area contributed by atoms with Crippen molar-refractivity contribution in [2.75, 3.05) is 13.7 Å². The van der Waals surface area contributed by atoms with Crippen LogP contribution < -0.4 is 15.9 Å². The predicted octanol–water partition coefficient (Wildman–Crippen LogP) is 4.92. The Labute approximate surface area is 204 Å². The molecule has 9 heteroatoms. The Kier molecular flexibility index (Phi) is 6.50. The highest BCUT2D eigenvalue weighted by atomic mass is 32.2. The standard InChI is InChI=1S/C25H26N2O5S2/c1-4-18-14(2)34-23-22(18)24(29)27(12-17-6-5-9-31-17)25(26-23)33-13-15-10-21(28)32-20-11-16(30-3)7-8-19(15)20/h7-8,10-11,17H,4-6,9,12-13H2,1-3H3/t17-/m1/s1. The smallest absolute Gasteiger partial charge is 0.336 e. The first-order valence-electron chi connectivity index (χ1n) is 11.4. The molecule has 7 nitrogen and oxygen atoms in total. The first kappa shape index (κ1) is 23.1. The van der Waals surface area contributed by atoms with Crippen molar-refractivity contribution < 1.29 is 13.9 Å². The molecule has 3 aromatic heterocycles. The van der Waals surface area contributed by atoms with Crippen LogP contribution in [0, 0.1) is 6.92 Å². The molecule has 5 rings (SSSR count). The Balaban J connectivity index is 1.57. The number of methoxy groups -OCH3 is 1. The molecule has 0 aliphatic carbocycles. The van der Waals surface area contributed by atoms with Crippen molar-refractivity contribution >= 4 is 44.3 Å². The largest absolute Gasteiger partial charge is 0.497 e. The second-order valence-corrected chi connectivity index (χ2v) is 10.5. The molecule has 1 aliphatic rings. The summed E-state index contributed by atoms with van der Waals surface area (Å²) < 4.78 is 18.3. The lowest BCUT2D eigenvalue weighted by molar-refractivity contribution is 0.0937. The number of rotatable bonds is 7. The van der Waals surface area contributed by atoms with Crippen LogP contribution in [0.1, 0.15) is 35.8 Å². The number of hydrogen-bond donors (Lipinski definition) is 0. The molecule has 0 radical (unpaired) electrons. The lowest BCUT2D eigenvalue weighted by atomic mass is 10.1. The summed E-state index contributed by atoms with van der Waals surface area (Å²) in [5, 5.41) is 2.21. The fraction of sp³-hybridized carbons (Fsp3) is 0.400. The van der Waals surface area contributed by atoms with Crippen LogP contribution in [0.15, 0.2) is 43.4 Å². The van der Waals surface area contributed by atoms with Crippen molar-refractivity contribution in [3.05, 3.63) is 61.0 Å². The van der Waals surface area contributed by atoms with E-state index < -0.39 is 5.63 Å². The minimum atomic E-state index is -0.419. The van der Waals surface area contributed by atoms with Crippen LogP contribution in [0.4, 0.5) is 0 Å². The van der Waals surface area contributed by atoms with Gasteiger partial charge in [0.05, 0.1) is 25.1 Å². The first-order chi connectivity index (χ1) is 16.5. The van der Waals surface area contributed by atoms with Gasteiger partial charge < -0.3 is 13.9 Å². The van der Waals surface area contributed by atoms with Crippen LogP contribution in [-0.2, 0) is 23.5 Å². The van der Waals surface area contributed by atoms with Crippen LogP contribution in [-0.4, -0.2) is 29.4 Å². The Morgan fingerprint density at radius 1 is 1.29 bits per heavy atom. The summed E-state index contributed by atoms with van der Waals surface area (Å²) in [6, 6.07) is 6.95. The van der Waals surface area contributed by atoms with Crippen LogP contribution in [0.5, 0.6) is 5.75 Å². The van der Waals surface area contributed by atoms with E-state index in [1.54, 1.807) is 29.1 Å². The molecule has 0 bridgehead atoms. The van der Waals surface area contributed by atoms with Gasteiger partial charge in [-0.3, -0.25) is 9.36 Å². The number of hydrogen-bond acceptors (Lipinski definition) is 8. The summed E-state index contributed by atoms with van der Waals surface area (Å²) in [5.41, 5.74) is 1.96. The summed E-state index contributed by atoms with van der Waals surface area (Å²) in [5.74, 6) is 1.10. The molecule has 1 fully saturated rings. The maximum Gasteiger partial charge on any atom is 0.336 e. The van der Waals surface area contributed by atoms with Gasteiger partial charge in [0, 0.05) is 34.8 Å². The van der Waals surface area contributed by atoms with E-state index in [2.05, 4.69) is 6.92 Å². The fourth-order valence-corrected chi connectivity index (χ4v) is 6.67. The Morgan fingerprint density at radius 2 is 2.15 bits per heavy atom. The molecular formula is C25H26N2O5S2. The quantitative estimate of drug-likeness (QED) is 0.203. The van der Waals surface area contributed by atoms with Crippen molar-refractivity contribution in [3.8, 4) is 5.75 Å². The second kappa shape index (κ2) is 9.56.